The molecule has 5 nitrogen and oxygen atoms in total. The Kier molecular flexibility index (Phi) is 4.54. The molecular weight excluding hydrogens is 405 g/mol. The number of hydrogen-bond donors (Lipinski definition) is 0. The largest absolute Gasteiger partial charge is 0.416 e. The van der Waals surface area contributed by atoms with E-state index < -0.39 is 22.6 Å². The Morgan fingerprint density at radius 3 is 2.31 bits per heavy atom. The maximum atomic E-state index is 13.3. The number of alkyl halides is 3. The predicted molar refractivity (Wildman–Crippen MR) is 102 cm³/mol. The van der Waals surface area contributed by atoms with Crippen molar-refractivity contribution in [1.29, 1.82) is 0 Å². The highest BCUT2D eigenvalue weighted by molar-refractivity contribution is 7.99. The van der Waals surface area contributed by atoms with Gasteiger partial charge in [0.2, 0.25) is 0 Å². The molecule has 1 aliphatic rings. The summed E-state index contributed by atoms with van der Waals surface area (Å²) in [5.41, 5.74) is -0.389. The molecule has 0 atom stereocenters. The molecule has 29 heavy (non-hydrogen) atoms. The van der Waals surface area contributed by atoms with Gasteiger partial charge in [-0.2, -0.15) is 13.2 Å². The molecule has 0 N–H and O–H groups in total. The minimum atomic E-state index is -4.57. The van der Waals surface area contributed by atoms with Crippen LogP contribution >= 0.6 is 11.8 Å². The van der Waals surface area contributed by atoms with Crippen molar-refractivity contribution >= 4 is 34.7 Å². The number of amides is 1. The van der Waals surface area contributed by atoms with Crippen LogP contribution in [0.1, 0.15) is 15.9 Å². The number of nitro benzene ring substituents is 1. The lowest BCUT2D eigenvalue weighted by molar-refractivity contribution is -0.385. The van der Waals surface area contributed by atoms with Gasteiger partial charge in [-0.3, -0.25) is 19.8 Å². The molecule has 1 aliphatic heterocycles. The third-order valence-electron chi connectivity index (χ3n) is 4.37. The molecule has 9 heteroatoms. The van der Waals surface area contributed by atoms with E-state index in [-0.39, 0.29) is 16.9 Å². The van der Waals surface area contributed by atoms with Gasteiger partial charge in [0.05, 0.1) is 21.9 Å². The number of benzene rings is 3. The highest BCUT2D eigenvalue weighted by Crippen LogP contribution is 2.50. The fraction of sp³-hybridized carbons (Fsp3) is 0.0500. The fourth-order valence-electron chi connectivity index (χ4n) is 3.01. The SMILES string of the molecule is O=C(c1ccccc1)N1c2ccc([N+](=O)[O-])cc2Sc2ccc(C(F)(F)F)cc21. The number of nitrogens with zero attached hydrogens (tertiary/aromatic N) is 2. The lowest BCUT2D eigenvalue weighted by Crippen LogP contribution is -2.29. The molecule has 0 aliphatic carbocycles. The molecule has 0 unspecified atom stereocenters. The fourth-order valence-corrected chi connectivity index (χ4v) is 4.09. The minimum absolute atomic E-state index is 0.0834. The van der Waals surface area contributed by atoms with Crippen LogP contribution in [0, 0.1) is 10.1 Å². The number of anilines is 2. The van der Waals surface area contributed by atoms with E-state index in [9.17, 15) is 28.1 Å². The quantitative estimate of drug-likeness (QED) is 0.376. The molecule has 146 valence electrons. The number of carbonyl (C=O) groups excluding carboxylic acids is 1. The van der Waals surface area contributed by atoms with Crippen LogP contribution in [0.5, 0.6) is 0 Å². The number of hydrogen-bond acceptors (Lipinski definition) is 4. The van der Waals surface area contributed by atoms with Gasteiger partial charge in [0.25, 0.3) is 11.6 Å². The average Bonchev–Trinajstić information content (AvgIpc) is 2.70. The molecular formula is C20H11F3N2O3S. The first-order valence-corrected chi connectivity index (χ1v) is 9.14. The molecule has 0 spiro atoms. The zero-order valence-electron chi connectivity index (χ0n) is 14.5. The third kappa shape index (κ3) is 3.44. The van der Waals surface area contributed by atoms with Gasteiger partial charge >= 0.3 is 6.18 Å². The first kappa shape index (κ1) is 19.0. The van der Waals surface area contributed by atoms with Crippen LogP contribution in [0.2, 0.25) is 0 Å². The zero-order valence-corrected chi connectivity index (χ0v) is 15.3. The van der Waals surface area contributed by atoms with Crippen molar-refractivity contribution in [2.45, 2.75) is 16.0 Å². The van der Waals surface area contributed by atoms with Crippen molar-refractivity contribution in [2.75, 3.05) is 4.90 Å². The highest BCUT2D eigenvalue weighted by Gasteiger charge is 2.35. The summed E-state index contributed by atoms with van der Waals surface area (Å²) in [4.78, 5) is 25.7. The van der Waals surface area contributed by atoms with Crippen molar-refractivity contribution in [2.24, 2.45) is 0 Å². The molecule has 3 aromatic rings. The predicted octanol–water partition coefficient (Wildman–Crippen LogP) is 6.06. The Morgan fingerprint density at radius 1 is 0.931 bits per heavy atom. The average molecular weight is 416 g/mol. The van der Waals surface area contributed by atoms with Gasteiger partial charge in [-0.1, -0.05) is 30.0 Å². The Hall–Kier alpha value is -3.33. The maximum absolute atomic E-state index is 13.3. The smallest absolute Gasteiger partial charge is 0.275 e. The molecule has 0 fully saturated rings. The summed E-state index contributed by atoms with van der Waals surface area (Å²) < 4.78 is 39.8. The standard InChI is InChI=1S/C20H11F3N2O3S/c21-20(22,23)13-6-9-17-16(10-13)24(19(26)12-4-2-1-3-5-12)15-8-7-14(25(27)28)11-18(15)29-17/h1-11H. The first-order chi connectivity index (χ1) is 13.8. The summed E-state index contributed by atoms with van der Waals surface area (Å²) in [6.07, 6.45) is -4.57. The Labute approximate surface area is 166 Å². The summed E-state index contributed by atoms with van der Waals surface area (Å²) in [5, 5.41) is 11.1. The minimum Gasteiger partial charge on any atom is -0.275 e. The van der Waals surface area contributed by atoms with Gasteiger partial charge < -0.3 is 0 Å². The molecule has 0 saturated carbocycles. The van der Waals surface area contributed by atoms with Crippen molar-refractivity contribution in [3.63, 3.8) is 0 Å². The van der Waals surface area contributed by atoms with Gasteiger partial charge in [-0.25, -0.2) is 0 Å². The summed E-state index contributed by atoms with van der Waals surface area (Å²) >= 11 is 1.08. The Morgan fingerprint density at radius 2 is 1.66 bits per heavy atom. The van der Waals surface area contributed by atoms with Crippen LogP contribution < -0.4 is 4.90 Å². The van der Waals surface area contributed by atoms with Crippen molar-refractivity contribution in [3.05, 3.63) is 88.0 Å². The van der Waals surface area contributed by atoms with Crippen LogP contribution in [-0.2, 0) is 6.18 Å². The van der Waals surface area contributed by atoms with Crippen molar-refractivity contribution < 1.29 is 22.9 Å². The van der Waals surface area contributed by atoms with Crippen LogP contribution in [0.25, 0.3) is 0 Å². The van der Waals surface area contributed by atoms with Crippen LogP contribution in [0.4, 0.5) is 30.2 Å². The summed E-state index contributed by atoms with van der Waals surface area (Å²) in [5.74, 6) is -0.526. The van der Waals surface area contributed by atoms with E-state index in [1.54, 1.807) is 30.3 Å². The van der Waals surface area contributed by atoms with Crippen molar-refractivity contribution in [1.82, 2.24) is 0 Å². The van der Waals surface area contributed by atoms with Crippen LogP contribution in [0.15, 0.2) is 76.5 Å². The van der Waals surface area contributed by atoms with E-state index in [4.69, 9.17) is 0 Å². The van der Waals surface area contributed by atoms with E-state index in [0.717, 1.165) is 23.9 Å². The Balaban J connectivity index is 1.92. The Bertz CT molecular complexity index is 1130. The number of carbonyl (C=O) groups is 1. The van der Waals surface area contributed by atoms with Crippen LogP contribution in [0.3, 0.4) is 0 Å². The second-order valence-electron chi connectivity index (χ2n) is 6.20. The van der Waals surface area contributed by atoms with Gasteiger partial charge in [0.1, 0.15) is 0 Å². The molecule has 0 bridgehead atoms. The lowest BCUT2D eigenvalue weighted by Gasteiger charge is -2.31. The van der Waals surface area contributed by atoms with Gasteiger partial charge in [-0.15, -0.1) is 0 Å². The van der Waals surface area contributed by atoms with E-state index in [1.165, 1.54) is 29.2 Å². The molecule has 0 aromatic heterocycles. The summed E-state index contributed by atoms with van der Waals surface area (Å²) in [6, 6.07) is 15.2. The van der Waals surface area contributed by atoms with E-state index in [1.807, 2.05) is 0 Å². The normalized spacial score (nSPS) is 12.9. The maximum Gasteiger partial charge on any atom is 0.416 e. The van der Waals surface area contributed by atoms with Crippen molar-refractivity contribution in [3.8, 4) is 0 Å². The molecule has 4 rings (SSSR count). The van der Waals surface area contributed by atoms with E-state index >= 15 is 0 Å². The second kappa shape index (κ2) is 6.93. The molecule has 3 aromatic carbocycles. The monoisotopic (exact) mass is 416 g/mol. The third-order valence-corrected chi connectivity index (χ3v) is 5.48. The number of halogens is 3. The van der Waals surface area contributed by atoms with Crippen LogP contribution in [-0.4, -0.2) is 10.8 Å². The summed E-state index contributed by atoms with van der Waals surface area (Å²) in [7, 11) is 0. The van der Waals surface area contributed by atoms with Gasteiger partial charge in [0, 0.05) is 27.5 Å². The second-order valence-corrected chi connectivity index (χ2v) is 7.28. The number of non-ortho nitro benzene ring substituents is 1. The topological polar surface area (TPSA) is 63.5 Å². The first-order valence-electron chi connectivity index (χ1n) is 8.33. The highest BCUT2D eigenvalue weighted by atomic mass is 32.2. The van der Waals surface area contributed by atoms with E-state index in [0.29, 0.717) is 15.5 Å². The number of nitro groups is 1. The molecule has 1 amide bonds. The number of rotatable bonds is 2. The number of fused-ring (bicyclic) bond motifs is 2. The van der Waals surface area contributed by atoms with Gasteiger partial charge in [-0.05, 0) is 36.4 Å². The molecule has 0 radical (unpaired) electrons. The zero-order chi connectivity index (χ0) is 20.8. The molecule has 1 heterocycles. The summed E-state index contributed by atoms with van der Waals surface area (Å²) in [6.45, 7) is 0. The lowest BCUT2D eigenvalue weighted by atomic mass is 10.1. The van der Waals surface area contributed by atoms with Gasteiger partial charge in [0.15, 0.2) is 0 Å². The molecule has 0 saturated heterocycles. The van der Waals surface area contributed by atoms with E-state index in [2.05, 4.69) is 0 Å².